The molecule has 0 radical (unpaired) electrons. The van der Waals surface area contributed by atoms with E-state index in [-0.39, 0.29) is 24.1 Å². The zero-order chi connectivity index (χ0) is 14.0. The van der Waals surface area contributed by atoms with Gasteiger partial charge in [0.1, 0.15) is 0 Å². The van der Waals surface area contributed by atoms with Crippen LogP contribution >= 0.6 is 0 Å². The van der Waals surface area contributed by atoms with Crippen LogP contribution in [0.15, 0.2) is 0 Å². The smallest absolute Gasteiger partial charge is 0.274 e. The van der Waals surface area contributed by atoms with E-state index in [4.69, 9.17) is 5.73 Å². The van der Waals surface area contributed by atoms with Crippen LogP contribution in [0, 0.1) is 0 Å². The molecule has 2 rings (SSSR count). The Labute approximate surface area is 112 Å². The highest BCUT2D eigenvalue weighted by atomic mass is 16.3. The lowest BCUT2D eigenvalue weighted by molar-refractivity contribution is 0.0449. The van der Waals surface area contributed by atoms with Crippen LogP contribution in [0.25, 0.3) is 0 Å². The average molecular weight is 266 g/mol. The molecule has 6 nitrogen and oxygen atoms in total. The van der Waals surface area contributed by atoms with Crippen molar-refractivity contribution in [3.63, 3.8) is 0 Å². The van der Waals surface area contributed by atoms with E-state index in [2.05, 4.69) is 15.5 Å². The normalized spacial score (nSPS) is 17.9. The zero-order valence-corrected chi connectivity index (χ0v) is 11.5. The maximum atomic E-state index is 12.0. The van der Waals surface area contributed by atoms with Crippen LogP contribution in [0.4, 0.5) is 5.69 Å². The van der Waals surface area contributed by atoms with Crippen LogP contribution in [-0.2, 0) is 0 Å². The molecule has 0 unspecified atom stereocenters. The lowest BCUT2D eigenvalue weighted by atomic mass is 10.0. The molecule has 0 aromatic carbocycles. The second-order valence-electron chi connectivity index (χ2n) is 5.67. The number of rotatable bonds is 4. The number of aromatic nitrogens is 2. The van der Waals surface area contributed by atoms with Gasteiger partial charge in [0.2, 0.25) is 0 Å². The van der Waals surface area contributed by atoms with E-state index in [0.717, 1.165) is 31.4 Å². The van der Waals surface area contributed by atoms with Gasteiger partial charge in [-0.2, -0.15) is 5.10 Å². The van der Waals surface area contributed by atoms with Crippen LogP contribution in [0.2, 0.25) is 0 Å². The topological polar surface area (TPSA) is 104 Å². The fourth-order valence-corrected chi connectivity index (χ4v) is 2.52. The van der Waals surface area contributed by atoms with Crippen LogP contribution in [0.5, 0.6) is 0 Å². The molecule has 5 N–H and O–H groups in total. The molecule has 0 aliphatic heterocycles. The van der Waals surface area contributed by atoms with Crippen molar-refractivity contribution in [1.29, 1.82) is 0 Å². The standard InChI is InChI=1S/C13H22N4O2/c1-8(2)10-9(14)11(17-16-10)12(18)15-7-13(19)5-3-4-6-13/h8,19H,3-7,14H2,1-2H3,(H,15,18)(H,16,17). The predicted octanol–water partition coefficient (Wildman–Crippen LogP) is 1.15. The fraction of sp³-hybridized carbons (Fsp3) is 0.692. The van der Waals surface area contributed by atoms with Crippen molar-refractivity contribution in [2.75, 3.05) is 12.3 Å². The number of hydrogen-bond donors (Lipinski definition) is 4. The molecule has 106 valence electrons. The summed E-state index contributed by atoms with van der Waals surface area (Å²) in [6.45, 7) is 4.22. The van der Waals surface area contributed by atoms with E-state index in [1.54, 1.807) is 0 Å². The Bertz CT molecular complexity index is 461. The molecule has 1 fully saturated rings. The number of H-pyrrole nitrogens is 1. The molecule has 0 atom stereocenters. The Balaban J connectivity index is 2.00. The Hall–Kier alpha value is -1.56. The minimum absolute atomic E-state index is 0.188. The Morgan fingerprint density at radius 3 is 2.68 bits per heavy atom. The summed E-state index contributed by atoms with van der Waals surface area (Å²) in [6.07, 6.45) is 3.49. The van der Waals surface area contributed by atoms with Crippen molar-refractivity contribution < 1.29 is 9.90 Å². The number of aromatic amines is 1. The van der Waals surface area contributed by atoms with Crippen LogP contribution < -0.4 is 11.1 Å². The molecular formula is C13H22N4O2. The number of amides is 1. The molecule has 0 spiro atoms. The molecule has 1 saturated carbocycles. The quantitative estimate of drug-likeness (QED) is 0.656. The first-order valence-corrected chi connectivity index (χ1v) is 6.77. The van der Waals surface area contributed by atoms with Crippen molar-refractivity contribution in [2.24, 2.45) is 0 Å². The average Bonchev–Trinajstić information content (AvgIpc) is 2.93. The summed E-state index contributed by atoms with van der Waals surface area (Å²) in [5, 5.41) is 19.7. The van der Waals surface area contributed by atoms with Gasteiger partial charge in [-0.3, -0.25) is 9.89 Å². The highest BCUT2D eigenvalue weighted by molar-refractivity contribution is 5.97. The Morgan fingerprint density at radius 1 is 1.53 bits per heavy atom. The number of nitrogens with one attached hydrogen (secondary N) is 2. The van der Waals surface area contributed by atoms with Gasteiger partial charge in [0, 0.05) is 6.54 Å². The summed E-state index contributed by atoms with van der Waals surface area (Å²) in [5.74, 6) is -0.144. The molecule has 1 aromatic rings. The van der Waals surface area contributed by atoms with E-state index < -0.39 is 5.60 Å². The number of hydrogen-bond acceptors (Lipinski definition) is 4. The number of nitrogens with zero attached hydrogens (tertiary/aromatic N) is 1. The van der Waals surface area contributed by atoms with Gasteiger partial charge in [-0.15, -0.1) is 0 Å². The van der Waals surface area contributed by atoms with Gasteiger partial charge >= 0.3 is 0 Å². The maximum absolute atomic E-state index is 12.0. The lowest BCUT2D eigenvalue weighted by Crippen LogP contribution is -2.41. The van der Waals surface area contributed by atoms with Gasteiger partial charge in [-0.25, -0.2) is 0 Å². The minimum Gasteiger partial charge on any atom is -0.395 e. The number of nitrogen functional groups attached to an aromatic ring is 1. The van der Waals surface area contributed by atoms with Gasteiger partial charge in [-0.1, -0.05) is 26.7 Å². The van der Waals surface area contributed by atoms with Crippen molar-refractivity contribution in [3.8, 4) is 0 Å². The van der Waals surface area contributed by atoms with E-state index in [1.807, 2.05) is 13.8 Å². The zero-order valence-electron chi connectivity index (χ0n) is 11.5. The van der Waals surface area contributed by atoms with Crippen LogP contribution in [0.1, 0.15) is 61.6 Å². The molecule has 0 saturated heterocycles. The monoisotopic (exact) mass is 266 g/mol. The summed E-state index contributed by atoms with van der Waals surface area (Å²) in [7, 11) is 0. The number of anilines is 1. The number of nitrogens with two attached hydrogens (primary N) is 1. The summed E-state index contributed by atoms with van der Waals surface area (Å²) in [5.41, 5.74) is 6.52. The third kappa shape index (κ3) is 2.89. The van der Waals surface area contributed by atoms with Crippen LogP contribution in [-0.4, -0.2) is 33.4 Å². The molecule has 1 aliphatic carbocycles. The first kappa shape index (κ1) is 13.9. The Kier molecular flexibility index (Phi) is 3.80. The van der Waals surface area contributed by atoms with Gasteiger partial charge in [-0.05, 0) is 18.8 Å². The van der Waals surface area contributed by atoms with Crippen molar-refractivity contribution >= 4 is 11.6 Å². The largest absolute Gasteiger partial charge is 0.395 e. The molecular weight excluding hydrogens is 244 g/mol. The minimum atomic E-state index is -0.762. The predicted molar refractivity (Wildman–Crippen MR) is 72.8 cm³/mol. The highest BCUT2D eigenvalue weighted by Gasteiger charge is 2.32. The molecule has 6 heteroatoms. The first-order chi connectivity index (χ1) is 8.93. The van der Waals surface area contributed by atoms with E-state index in [0.29, 0.717) is 5.69 Å². The number of aliphatic hydroxyl groups is 1. The van der Waals surface area contributed by atoms with Crippen molar-refractivity contribution in [1.82, 2.24) is 15.5 Å². The number of carbonyl (C=O) groups is 1. The summed E-state index contributed by atoms with van der Waals surface area (Å²) in [4.78, 5) is 12.0. The molecule has 19 heavy (non-hydrogen) atoms. The summed E-state index contributed by atoms with van der Waals surface area (Å²) in [6, 6.07) is 0. The van der Waals surface area contributed by atoms with Gasteiger partial charge in [0.05, 0.1) is 17.0 Å². The third-order valence-corrected chi connectivity index (χ3v) is 3.74. The maximum Gasteiger partial charge on any atom is 0.274 e. The first-order valence-electron chi connectivity index (χ1n) is 6.77. The van der Waals surface area contributed by atoms with Gasteiger partial charge in [0.25, 0.3) is 5.91 Å². The lowest BCUT2D eigenvalue weighted by Gasteiger charge is -2.22. The molecule has 1 aliphatic rings. The second-order valence-corrected chi connectivity index (χ2v) is 5.67. The van der Waals surface area contributed by atoms with Gasteiger partial charge < -0.3 is 16.2 Å². The molecule has 1 amide bonds. The SMILES string of the molecule is CC(C)c1[nH]nc(C(=O)NCC2(O)CCCC2)c1N. The second kappa shape index (κ2) is 5.21. The van der Waals surface area contributed by atoms with E-state index in [1.165, 1.54) is 0 Å². The fourth-order valence-electron chi connectivity index (χ4n) is 2.52. The van der Waals surface area contributed by atoms with Crippen molar-refractivity contribution in [3.05, 3.63) is 11.4 Å². The van der Waals surface area contributed by atoms with E-state index in [9.17, 15) is 9.90 Å². The molecule has 0 bridgehead atoms. The van der Waals surface area contributed by atoms with Crippen molar-refractivity contribution in [2.45, 2.75) is 51.0 Å². The third-order valence-electron chi connectivity index (χ3n) is 3.74. The molecule has 1 aromatic heterocycles. The summed E-state index contributed by atoms with van der Waals surface area (Å²) < 4.78 is 0. The summed E-state index contributed by atoms with van der Waals surface area (Å²) >= 11 is 0. The highest BCUT2D eigenvalue weighted by Crippen LogP contribution is 2.29. The Morgan fingerprint density at radius 2 is 2.16 bits per heavy atom. The number of carbonyl (C=O) groups excluding carboxylic acids is 1. The van der Waals surface area contributed by atoms with E-state index >= 15 is 0 Å². The van der Waals surface area contributed by atoms with Crippen LogP contribution in [0.3, 0.4) is 0 Å². The van der Waals surface area contributed by atoms with Gasteiger partial charge in [0.15, 0.2) is 5.69 Å². The molecule has 1 heterocycles.